The molecule has 0 spiro atoms. The van der Waals surface area contributed by atoms with Gasteiger partial charge in [-0.25, -0.2) is 4.98 Å². The van der Waals surface area contributed by atoms with E-state index in [0.29, 0.717) is 35.6 Å². The predicted molar refractivity (Wildman–Crippen MR) is 83.6 cm³/mol. The van der Waals surface area contributed by atoms with Crippen molar-refractivity contribution in [1.82, 2.24) is 10.3 Å². The Balaban J connectivity index is 1.53. The molecular weight excluding hydrogens is 296 g/mol. The van der Waals surface area contributed by atoms with Crippen LogP contribution >= 0.6 is 0 Å². The van der Waals surface area contributed by atoms with E-state index in [1.54, 1.807) is 25.3 Å². The number of aromatic nitrogens is 1. The summed E-state index contributed by atoms with van der Waals surface area (Å²) in [7, 11) is 0. The minimum atomic E-state index is -0.223. The summed E-state index contributed by atoms with van der Waals surface area (Å²) in [5.74, 6) is 1.86. The van der Waals surface area contributed by atoms with Crippen molar-refractivity contribution in [3.8, 4) is 11.7 Å². The number of aliphatic hydroxyl groups excluding tert-OH is 1. The third-order valence-corrected chi connectivity index (χ3v) is 4.30. The Morgan fingerprint density at radius 3 is 3.09 bits per heavy atom. The lowest BCUT2D eigenvalue weighted by Crippen LogP contribution is -2.33. The first-order chi connectivity index (χ1) is 11.1. The van der Waals surface area contributed by atoms with Crippen molar-refractivity contribution < 1.29 is 18.7 Å². The lowest BCUT2D eigenvalue weighted by Gasteiger charge is -2.25. The van der Waals surface area contributed by atoms with Gasteiger partial charge in [-0.2, -0.15) is 0 Å². The third-order valence-electron chi connectivity index (χ3n) is 4.30. The molecule has 2 N–H and O–H groups in total. The fraction of sp³-hybridized carbons (Fsp3) is 0.529. The molecule has 1 aliphatic rings. The van der Waals surface area contributed by atoms with E-state index in [1.165, 1.54) is 0 Å². The third kappa shape index (κ3) is 4.01. The number of nitrogens with zero attached hydrogens (tertiary/aromatic N) is 1. The van der Waals surface area contributed by atoms with Gasteiger partial charge in [0.15, 0.2) is 5.76 Å². The average Bonchev–Trinajstić information content (AvgIpc) is 3.16. The van der Waals surface area contributed by atoms with Crippen LogP contribution in [-0.2, 0) is 11.2 Å². The van der Waals surface area contributed by atoms with Crippen LogP contribution in [0.3, 0.4) is 0 Å². The lowest BCUT2D eigenvalue weighted by molar-refractivity contribution is -0.120. The molecule has 124 valence electrons. The average molecular weight is 318 g/mol. The van der Waals surface area contributed by atoms with E-state index in [9.17, 15) is 9.90 Å². The van der Waals surface area contributed by atoms with Crippen LogP contribution in [0.25, 0.3) is 11.7 Å². The number of rotatable bonds is 5. The minimum absolute atomic E-state index is 0.0764. The highest BCUT2D eigenvalue weighted by Crippen LogP contribution is 2.24. The van der Waals surface area contributed by atoms with Crippen molar-refractivity contribution in [3.63, 3.8) is 0 Å². The van der Waals surface area contributed by atoms with Crippen molar-refractivity contribution >= 4 is 5.91 Å². The molecule has 0 radical (unpaired) electrons. The molecule has 23 heavy (non-hydrogen) atoms. The van der Waals surface area contributed by atoms with Crippen molar-refractivity contribution in [2.24, 2.45) is 5.92 Å². The number of hydrogen-bond acceptors (Lipinski definition) is 5. The van der Waals surface area contributed by atoms with Gasteiger partial charge in [0.25, 0.3) is 5.89 Å². The Bertz CT molecular complexity index is 648. The van der Waals surface area contributed by atoms with Gasteiger partial charge in [0.05, 0.1) is 24.5 Å². The summed E-state index contributed by atoms with van der Waals surface area (Å²) in [5, 5.41) is 12.6. The fourth-order valence-electron chi connectivity index (χ4n) is 3.02. The highest BCUT2D eigenvalue weighted by Gasteiger charge is 2.21. The van der Waals surface area contributed by atoms with Crippen molar-refractivity contribution in [3.05, 3.63) is 29.9 Å². The Labute approximate surface area is 134 Å². The van der Waals surface area contributed by atoms with Gasteiger partial charge < -0.3 is 19.3 Å². The summed E-state index contributed by atoms with van der Waals surface area (Å²) in [6, 6.07) is 3.53. The summed E-state index contributed by atoms with van der Waals surface area (Å²) in [6.07, 6.45) is 5.24. The first-order valence-electron chi connectivity index (χ1n) is 8.06. The van der Waals surface area contributed by atoms with Gasteiger partial charge in [-0.3, -0.25) is 4.79 Å². The number of carbonyl (C=O) groups is 1. The van der Waals surface area contributed by atoms with Crippen LogP contribution in [0, 0.1) is 12.8 Å². The summed E-state index contributed by atoms with van der Waals surface area (Å²) < 4.78 is 10.8. The van der Waals surface area contributed by atoms with Crippen molar-refractivity contribution in [2.75, 3.05) is 6.54 Å². The maximum Gasteiger partial charge on any atom is 0.263 e. The van der Waals surface area contributed by atoms with Crippen molar-refractivity contribution in [1.29, 1.82) is 0 Å². The number of furan rings is 1. The number of amides is 1. The zero-order chi connectivity index (χ0) is 16.2. The zero-order valence-electron chi connectivity index (χ0n) is 13.2. The topological polar surface area (TPSA) is 88.5 Å². The largest absolute Gasteiger partial charge is 0.459 e. The molecule has 3 rings (SSSR count). The molecule has 2 heterocycles. The molecule has 1 amide bonds. The van der Waals surface area contributed by atoms with Crippen LogP contribution in [-0.4, -0.2) is 28.6 Å². The molecular formula is C17H22N2O4. The Morgan fingerprint density at radius 1 is 1.48 bits per heavy atom. The van der Waals surface area contributed by atoms with Gasteiger partial charge >= 0.3 is 0 Å². The number of aryl methyl sites for hydroxylation is 1. The molecule has 0 aromatic carbocycles. The smallest absolute Gasteiger partial charge is 0.263 e. The summed E-state index contributed by atoms with van der Waals surface area (Å²) in [4.78, 5) is 16.4. The first kappa shape index (κ1) is 15.8. The van der Waals surface area contributed by atoms with E-state index in [4.69, 9.17) is 8.83 Å². The molecule has 0 saturated heterocycles. The number of aliphatic hydroxyl groups is 1. The molecule has 0 aliphatic heterocycles. The van der Waals surface area contributed by atoms with Crippen LogP contribution in [0.15, 0.2) is 27.2 Å². The molecule has 2 aromatic heterocycles. The van der Waals surface area contributed by atoms with Gasteiger partial charge in [0.1, 0.15) is 5.76 Å². The molecule has 1 fully saturated rings. The molecule has 2 unspecified atom stereocenters. The second kappa shape index (κ2) is 7.00. The Kier molecular flexibility index (Phi) is 4.81. The molecule has 6 nitrogen and oxygen atoms in total. The predicted octanol–water partition coefficient (Wildman–Crippen LogP) is 2.45. The van der Waals surface area contributed by atoms with Crippen LogP contribution in [0.2, 0.25) is 0 Å². The van der Waals surface area contributed by atoms with Gasteiger partial charge in [-0.1, -0.05) is 6.42 Å². The van der Waals surface area contributed by atoms with E-state index < -0.39 is 0 Å². The van der Waals surface area contributed by atoms with E-state index in [0.717, 1.165) is 25.7 Å². The van der Waals surface area contributed by atoms with Gasteiger partial charge in [-0.15, -0.1) is 0 Å². The van der Waals surface area contributed by atoms with Crippen molar-refractivity contribution in [2.45, 2.75) is 45.1 Å². The Morgan fingerprint density at radius 2 is 2.35 bits per heavy atom. The number of carbonyl (C=O) groups excluding carboxylic acids is 1. The first-order valence-corrected chi connectivity index (χ1v) is 8.06. The summed E-state index contributed by atoms with van der Waals surface area (Å²) >= 11 is 0. The van der Waals surface area contributed by atoms with E-state index in [2.05, 4.69) is 10.3 Å². The van der Waals surface area contributed by atoms with Crippen LogP contribution < -0.4 is 5.32 Å². The number of nitrogens with one attached hydrogen (secondary N) is 1. The number of hydrogen-bond donors (Lipinski definition) is 2. The van der Waals surface area contributed by atoms with Gasteiger partial charge in [-0.05, 0) is 44.2 Å². The van der Waals surface area contributed by atoms with Crippen LogP contribution in [0.4, 0.5) is 0 Å². The summed E-state index contributed by atoms with van der Waals surface area (Å²) in [6.45, 7) is 2.40. The number of oxazole rings is 1. The molecule has 0 bridgehead atoms. The SMILES string of the molecule is Cc1oc(-c2ccco2)nc1CC(=O)NCC1CCCC(O)C1. The second-order valence-electron chi connectivity index (χ2n) is 6.17. The van der Waals surface area contributed by atoms with Crippen LogP contribution in [0.5, 0.6) is 0 Å². The summed E-state index contributed by atoms with van der Waals surface area (Å²) in [5.41, 5.74) is 0.623. The zero-order valence-corrected chi connectivity index (χ0v) is 13.2. The molecule has 1 saturated carbocycles. The van der Waals surface area contributed by atoms with Gasteiger partial charge in [0, 0.05) is 6.54 Å². The molecule has 6 heteroatoms. The highest BCUT2D eigenvalue weighted by molar-refractivity contribution is 5.78. The molecule has 2 atom stereocenters. The van der Waals surface area contributed by atoms with E-state index in [1.807, 2.05) is 0 Å². The van der Waals surface area contributed by atoms with Gasteiger partial charge in [0.2, 0.25) is 5.91 Å². The van der Waals surface area contributed by atoms with E-state index in [-0.39, 0.29) is 18.4 Å². The highest BCUT2D eigenvalue weighted by atomic mass is 16.4. The normalized spacial score (nSPS) is 21.3. The van der Waals surface area contributed by atoms with E-state index >= 15 is 0 Å². The maximum absolute atomic E-state index is 12.1. The standard InChI is InChI=1S/C17H22N2O4/c1-11-14(19-17(23-11)15-6-3-7-22-15)9-16(21)18-10-12-4-2-5-13(20)8-12/h3,6-7,12-13,20H,2,4-5,8-10H2,1H3,(H,18,21). The second-order valence-corrected chi connectivity index (χ2v) is 6.17. The quantitative estimate of drug-likeness (QED) is 0.884. The molecule has 1 aliphatic carbocycles. The lowest BCUT2D eigenvalue weighted by atomic mass is 9.87. The fourth-order valence-corrected chi connectivity index (χ4v) is 3.02. The monoisotopic (exact) mass is 318 g/mol. The maximum atomic E-state index is 12.1. The molecule has 2 aromatic rings. The Hall–Kier alpha value is -2.08. The minimum Gasteiger partial charge on any atom is -0.459 e. The van der Waals surface area contributed by atoms with Crippen LogP contribution in [0.1, 0.15) is 37.1 Å².